The van der Waals surface area contributed by atoms with Crippen LogP contribution in [0.25, 0.3) is 0 Å². The molecule has 8 heteroatoms. The van der Waals surface area contributed by atoms with Crippen LogP contribution in [0, 0.1) is 10.1 Å². The van der Waals surface area contributed by atoms with E-state index in [1.807, 2.05) is 12.1 Å². The molecule has 1 aliphatic rings. The largest absolute Gasteiger partial charge is 0.399 e. The molecule has 3 rings (SSSR count). The first-order valence-electron chi connectivity index (χ1n) is 8.13. The highest BCUT2D eigenvalue weighted by molar-refractivity contribution is 6.04. The molecule has 1 aliphatic heterocycles. The van der Waals surface area contributed by atoms with Crippen molar-refractivity contribution < 1.29 is 14.5 Å². The molecule has 8 nitrogen and oxygen atoms in total. The van der Waals surface area contributed by atoms with E-state index in [0.29, 0.717) is 18.5 Å². The number of nitrogen functional groups attached to an aromatic ring is 1. The number of urea groups is 1. The van der Waals surface area contributed by atoms with Crippen molar-refractivity contribution in [2.24, 2.45) is 0 Å². The molecule has 0 saturated carbocycles. The zero-order valence-corrected chi connectivity index (χ0v) is 13.9. The number of amides is 3. The highest BCUT2D eigenvalue weighted by Crippen LogP contribution is 2.16. The van der Waals surface area contributed by atoms with Crippen LogP contribution >= 0.6 is 0 Å². The van der Waals surface area contributed by atoms with Crippen LogP contribution in [-0.2, 0) is 17.6 Å². The van der Waals surface area contributed by atoms with Gasteiger partial charge in [0, 0.05) is 30.8 Å². The second-order valence-electron chi connectivity index (χ2n) is 6.11. The fourth-order valence-corrected chi connectivity index (χ4v) is 2.84. The predicted octanol–water partition coefficient (Wildman–Crippen LogP) is 1.88. The standard InChI is InChI=1S/C18H18N4O4/c19-14-5-1-13(2-6-14)11-16-17(23)21(18(24)20-16)10-9-12-3-7-15(8-4-12)22(25)26/h1-8,16H,9-11,19H2,(H,20,24). The highest BCUT2D eigenvalue weighted by Gasteiger charge is 2.37. The maximum atomic E-state index is 12.5. The van der Waals surface area contributed by atoms with E-state index in [9.17, 15) is 19.7 Å². The van der Waals surface area contributed by atoms with Crippen molar-refractivity contribution >= 4 is 23.3 Å². The normalized spacial score (nSPS) is 16.6. The molecular formula is C18H18N4O4. The molecule has 1 saturated heterocycles. The first-order valence-corrected chi connectivity index (χ1v) is 8.13. The van der Waals surface area contributed by atoms with Crippen molar-refractivity contribution in [3.63, 3.8) is 0 Å². The van der Waals surface area contributed by atoms with Crippen molar-refractivity contribution in [1.29, 1.82) is 0 Å². The smallest absolute Gasteiger partial charge is 0.324 e. The fraction of sp³-hybridized carbons (Fsp3) is 0.222. The number of nitrogens with two attached hydrogens (primary N) is 1. The van der Waals surface area contributed by atoms with Gasteiger partial charge in [-0.2, -0.15) is 0 Å². The first-order chi connectivity index (χ1) is 12.4. The van der Waals surface area contributed by atoms with Crippen molar-refractivity contribution in [3.8, 4) is 0 Å². The Bertz CT molecular complexity index is 833. The van der Waals surface area contributed by atoms with Crippen LogP contribution in [0.3, 0.4) is 0 Å². The Labute approximate surface area is 149 Å². The maximum absolute atomic E-state index is 12.5. The summed E-state index contributed by atoms with van der Waals surface area (Å²) in [5, 5.41) is 13.4. The Morgan fingerprint density at radius 2 is 1.65 bits per heavy atom. The third-order valence-corrected chi connectivity index (χ3v) is 4.30. The van der Waals surface area contributed by atoms with Gasteiger partial charge in [-0.15, -0.1) is 0 Å². The number of nitro benzene ring substituents is 1. The summed E-state index contributed by atoms with van der Waals surface area (Å²) in [6.45, 7) is 0.223. The monoisotopic (exact) mass is 354 g/mol. The predicted molar refractivity (Wildman–Crippen MR) is 95.4 cm³/mol. The quantitative estimate of drug-likeness (QED) is 0.355. The minimum Gasteiger partial charge on any atom is -0.399 e. The van der Waals surface area contributed by atoms with Crippen LogP contribution < -0.4 is 11.1 Å². The van der Waals surface area contributed by atoms with E-state index < -0.39 is 17.0 Å². The van der Waals surface area contributed by atoms with Gasteiger partial charge in [0.1, 0.15) is 6.04 Å². The minimum atomic E-state index is -0.594. The van der Waals surface area contributed by atoms with Crippen LogP contribution in [0.15, 0.2) is 48.5 Å². The number of imide groups is 1. The Balaban J connectivity index is 1.60. The lowest BCUT2D eigenvalue weighted by molar-refractivity contribution is -0.384. The number of nitro groups is 1. The number of rotatable bonds is 6. The van der Waals surface area contributed by atoms with Crippen molar-refractivity contribution in [2.75, 3.05) is 12.3 Å². The molecular weight excluding hydrogens is 336 g/mol. The van der Waals surface area contributed by atoms with Gasteiger partial charge in [0.2, 0.25) is 0 Å². The third kappa shape index (κ3) is 3.80. The lowest BCUT2D eigenvalue weighted by Gasteiger charge is -2.13. The van der Waals surface area contributed by atoms with E-state index in [0.717, 1.165) is 11.1 Å². The van der Waals surface area contributed by atoms with Gasteiger partial charge < -0.3 is 11.1 Å². The summed E-state index contributed by atoms with van der Waals surface area (Å²) in [6.07, 6.45) is 0.838. The van der Waals surface area contributed by atoms with Gasteiger partial charge >= 0.3 is 6.03 Å². The van der Waals surface area contributed by atoms with Gasteiger partial charge in [-0.05, 0) is 29.7 Å². The molecule has 0 aliphatic carbocycles. The molecule has 1 atom stereocenters. The van der Waals surface area contributed by atoms with Crippen molar-refractivity contribution in [1.82, 2.24) is 10.2 Å². The summed E-state index contributed by atoms with van der Waals surface area (Å²) in [6, 6.07) is 12.2. The minimum absolute atomic E-state index is 0.00676. The second-order valence-corrected chi connectivity index (χ2v) is 6.11. The van der Waals surface area contributed by atoms with Gasteiger partial charge in [-0.1, -0.05) is 24.3 Å². The molecule has 1 heterocycles. The lowest BCUT2D eigenvalue weighted by Crippen LogP contribution is -2.33. The van der Waals surface area contributed by atoms with Crippen LogP contribution in [0.2, 0.25) is 0 Å². The summed E-state index contributed by atoms with van der Waals surface area (Å²) in [4.78, 5) is 35.9. The Hall–Kier alpha value is -3.42. The number of carbonyl (C=O) groups is 2. The molecule has 3 amide bonds. The van der Waals surface area contributed by atoms with E-state index in [2.05, 4.69) is 5.32 Å². The number of benzene rings is 2. The van der Waals surface area contributed by atoms with E-state index in [1.165, 1.54) is 17.0 Å². The number of carbonyl (C=O) groups excluding carboxylic acids is 2. The van der Waals surface area contributed by atoms with E-state index in [1.54, 1.807) is 24.3 Å². The zero-order chi connectivity index (χ0) is 18.7. The number of nitrogens with one attached hydrogen (secondary N) is 1. The second kappa shape index (κ2) is 7.22. The van der Waals surface area contributed by atoms with Gasteiger partial charge in [0.25, 0.3) is 11.6 Å². The van der Waals surface area contributed by atoms with Gasteiger partial charge in [-0.25, -0.2) is 4.79 Å². The first kappa shape index (κ1) is 17.4. The van der Waals surface area contributed by atoms with E-state index >= 15 is 0 Å². The van der Waals surface area contributed by atoms with Crippen molar-refractivity contribution in [2.45, 2.75) is 18.9 Å². The van der Waals surface area contributed by atoms with Crippen molar-refractivity contribution in [3.05, 3.63) is 69.8 Å². The molecule has 0 radical (unpaired) electrons. The van der Waals surface area contributed by atoms with E-state index in [4.69, 9.17) is 5.73 Å². The van der Waals surface area contributed by atoms with Gasteiger partial charge in [0.05, 0.1) is 4.92 Å². The molecule has 1 fully saturated rings. The maximum Gasteiger partial charge on any atom is 0.324 e. The number of hydrogen-bond acceptors (Lipinski definition) is 5. The summed E-state index contributed by atoms with van der Waals surface area (Å²) in [5.41, 5.74) is 8.02. The summed E-state index contributed by atoms with van der Waals surface area (Å²) >= 11 is 0. The topological polar surface area (TPSA) is 119 Å². The SMILES string of the molecule is Nc1ccc(CC2NC(=O)N(CCc3ccc([N+](=O)[O-])cc3)C2=O)cc1. The Morgan fingerprint density at radius 1 is 1.04 bits per heavy atom. The fourth-order valence-electron chi connectivity index (χ4n) is 2.84. The molecule has 134 valence electrons. The Morgan fingerprint density at radius 3 is 2.27 bits per heavy atom. The summed E-state index contributed by atoms with van der Waals surface area (Å²) in [5.74, 6) is -0.270. The number of nitrogens with zero attached hydrogens (tertiary/aromatic N) is 2. The van der Waals surface area contributed by atoms with Crippen LogP contribution in [0.5, 0.6) is 0 Å². The molecule has 0 bridgehead atoms. The highest BCUT2D eigenvalue weighted by atomic mass is 16.6. The average molecular weight is 354 g/mol. The summed E-state index contributed by atoms with van der Waals surface area (Å²) < 4.78 is 0. The number of anilines is 1. The number of non-ortho nitro benzene ring substituents is 1. The van der Waals surface area contributed by atoms with Crippen LogP contribution in [0.4, 0.5) is 16.2 Å². The van der Waals surface area contributed by atoms with Crippen LogP contribution in [0.1, 0.15) is 11.1 Å². The molecule has 3 N–H and O–H groups in total. The van der Waals surface area contributed by atoms with Gasteiger partial charge in [0.15, 0.2) is 0 Å². The van der Waals surface area contributed by atoms with Crippen LogP contribution in [-0.4, -0.2) is 34.3 Å². The molecule has 2 aromatic rings. The molecule has 1 unspecified atom stereocenters. The molecule has 0 spiro atoms. The lowest BCUT2D eigenvalue weighted by atomic mass is 10.1. The number of hydrogen-bond donors (Lipinski definition) is 2. The zero-order valence-electron chi connectivity index (χ0n) is 13.9. The summed E-state index contributed by atoms with van der Waals surface area (Å²) in [7, 11) is 0. The Kier molecular flexibility index (Phi) is 4.83. The molecule has 0 aromatic heterocycles. The molecule has 26 heavy (non-hydrogen) atoms. The third-order valence-electron chi connectivity index (χ3n) is 4.30. The molecule has 2 aromatic carbocycles. The average Bonchev–Trinajstić information content (AvgIpc) is 2.89. The van der Waals surface area contributed by atoms with E-state index in [-0.39, 0.29) is 18.1 Å². The van der Waals surface area contributed by atoms with Gasteiger partial charge in [-0.3, -0.25) is 19.8 Å².